The second-order valence-electron chi connectivity index (χ2n) is 5.77. The fourth-order valence-electron chi connectivity index (χ4n) is 2.75. The minimum Gasteiger partial charge on any atom is -0.506 e. The van der Waals surface area contributed by atoms with Crippen LogP contribution in [0.15, 0.2) is 21.1 Å². The maximum atomic E-state index is 9.73. The van der Waals surface area contributed by atoms with Crippen molar-refractivity contribution >= 4 is 31.9 Å². The van der Waals surface area contributed by atoms with Gasteiger partial charge in [0.2, 0.25) is 0 Å². The van der Waals surface area contributed by atoms with Crippen LogP contribution in [0.5, 0.6) is 5.75 Å². The van der Waals surface area contributed by atoms with Crippen molar-refractivity contribution in [3.05, 3.63) is 26.6 Å². The molecule has 0 amide bonds. The van der Waals surface area contributed by atoms with E-state index in [4.69, 9.17) is 0 Å². The summed E-state index contributed by atoms with van der Waals surface area (Å²) in [6.45, 7) is 7.98. The summed E-state index contributed by atoms with van der Waals surface area (Å²) in [6, 6.07) is 4.02. The van der Waals surface area contributed by atoms with E-state index in [1.54, 1.807) is 0 Å². The topological polar surface area (TPSA) is 23.5 Å². The Hall–Kier alpha value is -0.0600. The number of likely N-dealkylation sites (tertiary alicyclic amines) is 1. The van der Waals surface area contributed by atoms with Crippen LogP contribution in [0.3, 0.4) is 0 Å². The van der Waals surface area contributed by atoms with Crippen LogP contribution in [0.1, 0.15) is 32.3 Å². The summed E-state index contributed by atoms with van der Waals surface area (Å²) in [4.78, 5) is 2.50. The lowest BCUT2D eigenvalue weighted by Crippen LogP contribution is -2.34. The molecule has 1 saturated heterocycles. The third-order valence-electron chi connectivity index (χ3n) is 4.06. The van der Waals surface area contributed by atoms with E-state index in [1.165, 1.54) is 31.5 Å². The summed E-state index contributed by atoms with van der Waals surface area (Å²) in [5.74, 6) is 1.97. The Labute approximate surface area is 132 Å². The molecule has 1 aromatic carbocycles. The molecular formula is C15H21Br2NO. The fourth-order valence-corrected chi connectivity index (χ4v) is 4.03. The lowest BCUT2D eigenvalue weighted by molar-refractivity contribution is 0.152. The quantitative estimate of drug-likeness (QED) is 0.802. The number of rotatable bonds is 3. The number of aromatic hydroxyl groups is 1. The molecule has 1 heterocycles. The largest absolute Gasteiger partial charge is 0.506 e. The third kappa shape index (κ3) is 3.96. The van der Waals surface area contributed by atoms with Gasteiger partial charge in [0, 0.05) is 6.54 Å². The van der Waals surface area contributed by atoms with Gasteiger partial charge in [0.25, 0.3) is 0 Å². The van der Waals surface area contributed by atoms with Crippen LogP contribution >= 0.6 is 31.9 Å². The van der Waals surface area contributed by atoms with Gasteiger partial charge in [-0.15, -0.1) is 0 Å². The Morgan fingerprint density at radius 2 is 1.74 bits per heavy atom. The van der Waals surface area contributed by atoms with Crippen LogP contribution in [-0.2, 0) is 6.54 Å². The molecule has 0 unspecified atom stereocenters. The SMILES string of the molecule is CC(C)C1CCN(Cc2cc(Br)c(O)c(Br)c2)CC1. The summed E-state index contributed by atoms with van der Waals surface area (Å²) in [6.07, 6.45) is 2.61. The molecule has 0 saturated carbocycles. The van der Waals surface area contributed by atoms with Crippen molar-refractivity contribution in [2.45, 2.75) is 33.2 Å². The Kier molecular flexibility index (Phi) is 5.32. The van der Waals surface area contributed by atoms with Crippen LogP contribution in [0, 0.1) is 11.8 Å². The normalized spacial score (nSPS) is 18.2. The monoisotopic (exact) mass is 389 g/mol. The van der Waals surface area contributed by atoms with Crippen LogP contribution in [0.4, 0.5) is 0 Å². The van der Waals surface area contributed by atoms with E-state index in [0.29, 0.717) is 0 Å². The molecule has 1 aromatic rings. The van der Waals surface area contributed by atoms with Gasteiger partial charge in [-0.25, -0.2) is 0 Å². The van der Waals surface area contributed by atoms with Crippen molar-refractivity contribution in [3.63, 3.8) is 0 Å². The predicted octanol–water partition coefficient (Wildman–Crippen LogP) is 4.79. The number of hydrogen-bond acceptors (Lipinski definition) is 2. The zero-order valence-corrected chi connectivity index (χ0v) is 14.7. The van der Waals surface area contributed by atoms with Gasteiger partial charge in [0.05, 0.1) is 8.95 Å². The Morgan fingerprint density at radius 3 is 2.21 bits per heavy atom. The van der Waals surface area contributed by atoms with Crippen molar-refractivity contribution < 1.29 is 5.11 Å². The van der Waals surface area contributed by atoms with E-state index >= 15 is 0 Å². The van der Waals surface area contributed by atoms with Gasteiger partial charge in [0.15, 0.2) is 0 Å². The molecule has 19 heavy (non-hydrogen) atoms. The van der Waals surface area contributed by atoms with E-state index in [0.717, 1.165) is 27.3 Å². The first-order chi connectivity index (χ1) is 8.97. The minimum absolute atomic E-state index is 0.280. The minimum atomic E-state index is 0.280. The molecule has 2 rings (SSSR count). The fraction of sp³-hybridized carbons (Fsp3) is 0.600. The van der Waals surface area contributed by atoms with Gasteiger partial charge in [-0.3, -0.25) is 4.90 Å². The lowest BCUT2D eigenvalue weighted by atomic mass is 9.86. The van der Waals surface area contributed by atoms with Crippen molar-refractivity contribution in [1.29, 1.82) is 0 Å². The Morgan fingerprint density at radius 1 is 1.21 bits per heavy atom. The number of phenols is 1. The summed E-state index contributed by atoms with van der Waals surface area (Å²) in [5, 5.41) is 9.73. The summed E-state index contributed by atoms with van der Waals surface area (Å²) in [7, 11) is 0. The standard InChI is InChI=1S/C15H21Br2NO/c1-10(2)12-3-5-18(6-4-12)9-11-7-13(16)15(19)14(17)8-11/h7-8,10,12,19H,3-6,9H2,1-2H3. The highest BCUT2D eigenvalue weighted by Gasteiger charge is 2.21. The Bertz CT molecular complexity index is 417. The molecular weight excluding hydrogens is 370 g/mol. The first kappa shape index (κ1) is 15.3. The average molecular weight is 391 g/mol. The maximum absolute atomic E-state index is 9.73. The zero-order chi connectivity index (χ0) is 14.0. The molecule has 1 N–H and O–H groups in total. The highest BCUT2D eigenvalue weighted by molar-refractivity contribution is 9.11. The first-order valence-electron chi connectivity index (χ1n) is 6.86. The van der Waals surface area contributed by atoms with Gasteiger partial charge >= 0.3 is 0 Å². The number of piperidine rings is 1. The molecule has 0 atom stereocenters. The molecule has 0 aliphatic carbocycles. The molecule has 4 heteroatoms. The number of nitrogens with zero attached hydrogens (tertiary/aromatic N) is 1. The molecule has 2 nitrogen and oxygen atoms in total. The van der Waals surface area contributed by atoms with Crippen molar-refractivity contribution in [2.75, 3.05) is 13.1 Å². The maximum Gasteiger partial charge on any atom is 0.143 e. The van der Waals surface area contributed by atoms with Gasteiger partial charge < -0.3 is 5.11 Å². The van der Waals surface area contributed by atoms with Crippen LogP contribution in [-0.4, -0.2) is 23.1 Å². The average Bonchev–Trinajstić information content (AvgIpc) is 2.36. The number of benzene rings is 1. The van der Waals surface area contributed by atoms with Crippen LogP contribution < -0.4 is 0 Å². The zero-order valence-electron chi connectivity index (χ0n) is 11.5. The molecule has 0 aromatic heterocycles. The van der Waals surface area contributed by atoms with Gasteiger partial charge in [-0.1, -0.05) is 13.8 Å². The molecule has 1 aliphatic heterocycles. The lowest BCUT2D eigenvalue weighted by Gasteiger charge is -2.33. The molecule has 0 radical (unpaired) electrons. The van der Waals surface area contributed by atoms with E-state index in [-0.39, 0.29) is 5.75 Å². The number of phenolic OH excluding ortho intramolecular Hbond substituents is 1. The molecule has 106 valence electrons. The van der Waals surface area contributed by atoms with Gasteiger partial charge in [-0.05, 0) is 87.3 Å². The molecule has 1 aliphatic rings. The van der Waals surface area contributed by atoms with Gasteiger partial charge in [0.1, 0.15) is 5.75 Å². The number of hydrogen-bond donors (Lipinski definition) is 1. The predicted molar refractivity (Wildman–Crippen MR) is 86.3 cm³/mol. The Balaban J connectivity index is 1.96. The molecule has 0 spiro atoms. The van der Waals surface area contributed by atoms with Gasteiger partial charge in [-0.2, -0.15) is 0 Å². The summed E-state index contributed by atoms with van der Waals surface area (Å²) in [5.41, 5.74) is 1.24. The van der Waals surface area contributed by atoms with Crippen LogP contribution in [0.25, 0.3) is 0 Å². The highest BCUT2D eigenvalue weighted by Crippen LogP contribution is 2.34. The summed E-state index contributed by atoms with van der Waals surface area (Å²) < 4.78 is 1.52. The summed E-state index contributed by atoms with van der Waals surface area (Å²) >= 11 is 6.78. The van der Waals surface area contributed by atoms with Crippen molar-refractivity contribution in [2.24, 2.45) is 11.8 Å². The molecule has 1 fully saturated rings. The number of halogens is 2. The van der Waals surface area contributed by atoms with Crippen molar-refractivity contribution in [1.82, 2.24) is 4.90 Å². The van der Waals surface area contributed by atoms with E-state index in [9.17, 15) is 5.11 Å². The third-order valence-corrected chi connectivity index (χ3v) is 5.27. The van der Waals surface area contributed by atoms with Crippen molar-refractivity contribution in [3.8, 4) is 5.75 Å². The second kappa shape index (κ2) is 6.59. The van der Waals surface area contributed by atoms with E-state index in [1.807, 2.05) is 12.1 Å². The highest BCUT2D eigenvalue weighted by atomic mass is 79.9. The van der Waals surface area contributed by atoms with Crippen LogP contribution in [0.2, 0.25) is 0 Å². The van der Waals surface area contributed by atoms with E-state index in [2.05, 4.69) is 50.6 Å². The second-order valence-corrected chi connectivity index (χ2v) is 7.47. The first-order valence-corrected chi connectivity index (χ1v) is 8.45. The van der Waals surface area contributed by atoms with E-state index < -0.39 is 0 Å². The smallest absolute Gasteiger partial charge is 0.143 e. The molecule has 0 bridgehead atoms.